The fourth-order valence-corrected chi connectivity index (χ4v) is 2.60. The maximum atomic E-state index is 6.17. The molecule has 1 atom stereocenters. The Morgan fingerprint density at radius 3 is 3.06 bits per heavy atom. The maximum absolute atomic E-state index is 6.17. The van der Waals surface area contributed by atoms with E-state index in [9.17, 15) is 0 Å². The van der Waals surface area contributed by atoms with Crippen LogP contribution in [0.5, 0.6) is 0 Å². The van der Waals surface area contributed by atoms with Crippen LogP contribution < -0.4 is 10.2 Å². The molecule has 1 aliphatic heterocycles. The molecule has 0 aliphatic carbocycles. The minimum absolute atomic E-state index is 0.633. The lowest BCUT2D eigenvalue weighted by Gasteiger charge is -2.21. The number of halogens is 1. The van der Waals surface area contributed by atoms with Crippen LogP contribution in [0.4, 0.5) is 5.69 Å². The fraction of sp³-hybridized carbons (Fsp3) is 0.571. The first-order valence-corrected chi connectivity index (χ1v) is 6.83. The van der Waals surface area contributed by atoms with Crippen LogP contribution >= 0.6 is 11.6 Å². The van der Waals surface area contributed by atoms with Crippen LogP contribution in [0.15, 0.2) is 18.2 Å². The van der Waals surface area contributed by atoms with Gasteiger partial charge in [0.15, 0.2) is 0 Å². The molecule has 0 spiro atoms. The van der Waals surface area contributed by atoms with Gasteiger partial charge in [0.25, 0.3) is 0 Å². The van der Waals surface area contributed by atoms with Crippen molar-refractivity contribution in [3.63, 3.8) is 0 Å². The summed E-state index contributed by atoms with van der Waals surface area (Å²) in [5.74, 6) is 0. The van der Waals surface area contributed by atoms with Crippen LogP contribution in [0, 0.1) is 6.92 Å². The molecule has 94 valence electrons. The lowest BCUT2D eigenvalue weighted by atomic mass is 10.2. The van der Waals surface area contributed by atoms with E-state index in [1.165, 1.54) is 24.1 Å². The summed E-state index contributed by atoms with van der Waals surface area (Å²) in [4.78, 5) is 2.44. The van der Waals surface area contributed by atoms with Crippen LogP contribution in [0.25, 0.3) is 0 Å². The predicted molar refractivity (Wildman–Crippen MR) is 75.1 cm³/mol. The average Bonchev–Trinajstić information content (AvgIpc) is 2.78. The summed E-state index contributed by atoms with van der Waals surface area (Å²) in [7, 11) is 0. The van der Waals surface area contributed by atoms with E-state index in [0.29, 0.717) is 6.04 Å². The van der Waals surface area contributed by atoms with Gasteiger partial charge in [-0.25, -0.2) is 0 Å². The molecular formula is C14H21ClN2. The average molecular weight is 253 g/mol. The van der Waals surface area contributed by atoms with Crippen LogP contribution in [-0.4, -0.2) is 25.7 Å². The lowest BCUT2D eigenvalue weighted by Crippen LogP contribution is -2.33. The van der Waals surface area contributed by atoms with Gasteiger partial charge in [0.05, 0.1) is 0 Å². The van der Waals surface area contributed by atoms with Crippen LogP contribution in [0.2, 0.25) is 5.02 Å². The molecule has 1 aliphatic rings. The van der Waals surface area contributed by atoms with Gasteiger partial charge in [-0.05, 0) is 44.0 Å². The molecule has 1 fully saturated rings. The third kappa shape index (κ3) is 2.93. The molecule has 17 heavy (non-hydrogen) atoms. The molecule has 0 amide bonds. The molecule has 1 heterocycles. The van der Waals surface area contributed by atoms with E-state index in [2.05, 4.69) is 30.1 Å². The molecule has 0 radical (unpaired) electrons. The topological polar surface area (TPSA) is 15.3 Å². The van der Waals surface area contributed by atoms with Crippen LogP contribution in [-0.2, 0) is 0 Å². The Morgan fingerprint density at radius 1 is 1.47 bits per heavy atom. The molecule has 1 N–H and O–H groups in total. The zero-order valence-corrected chi connectivity index (χ0v) is 11.4. The van der Waals surface area contributed by atoms with Crippen molar-refractivity contribution < 1.29 is 0 Å². The Bertz CT molecular complexity index is 378. The molecule has 1 aromatic rings. The first-order chi connectivity index (χ1) is 8.22. The minimum Gasteiger partial charge on any atom is -0.370 e. The lowest BCUT2D eigenvalue weighted by molar-refractivity contribution is 0.549. The van der Waals surface area contributed by atoms with Crippen LogP contribution in [0.1, 0.15) is 25.3 Å². The monoisotopic (exact) mass is 252 g/mol. The normalized spacial score (nSPS) is 19.9. The van der Waals surface area contributed by atoms with Crippen molar-refractivity contribution in [2.24, 2.45) is 0 Å². The molecule has 1 saturated heterocycles. The molecule has 2 rings (SSSR count). The second kappa shape index (κ2) is 5.74. The van der Waals surface area contributed by atoms with Gasteiger partial charge in [0.1, 0.15) is 0 Å². The highest BCUT2D eigenvalue weighted by Crippen LogP contribution is 2.28. The summed E-state index contributed by atoms with van der Waals surface area (Å²) in [6.45, 7) is 7.65. The zero-order chi connectivity index (χ0) is 12.3. The molecule has 0 saturated carbocycles. The van der Waals surface area contributed by atoms with Crippen molar-refractivity contribution >= 4 is 17.3 Å². The van der Waals surface area contributed by atoms with Crippen molar-refractivity contribution in [2.45, 2.75) is 32.7 Å². The molecule has 1 aromatic carbocycles. The second-order valence-electron chi connectivity index (χ2n) is 4.77. The van der Waals surface area contributed by atoms with Crippen molar-refractivity contribution in [1.29, 1.82) is 0 Å². The van der Waals surface area contributed by atoms with E-state index in [4.69, 9.17) is 11.6 Å². The van der Waals surface area contributed by atoms with E-state index in [1.54, 1.807) is 0 Å². The van der Waals surface area contributed by atoms with Crippen molar-refractivity contribution in [3.8, 4) is 0 Å². The Balaban J connectivity index is 2.02. The summed E-state index contributed by atoms with van der Waals surface area (Å²) in [6.07, 6.45) is 2.43. The minimum atomic E-state index is 0.633. The molecule has 3 heteroatoms. The number of rotatable bonds is 4. The number of hydrogen-bond donors (Lipinski definition) is 1. The van der Waals surface area contributed by atoms with Gasteiger partial charge in [-0.1, -0.05) is 24.6 Å². The largest absolute Gasteiger partial charge is 0.370 e. The van der Waals surface area contributed by atoms with Gasteiger partial charge in [-0.2, -0.15) is 0 Å². The summed E-state index contributed by atoms with van der Waals surface area (Å²) in [5.41, 5.74) is 2.49. The number of benzene rings is 1. The molecule has 0 aromatic heterocycles. The standard InChI is InChI=1S/C14H21ClN2/c1-3-8-16-12-7-9-17(10-12)14-6-4-5-13(15)11(14)2/h4-6,12,16H,3,7-10H2,1-2H3. The summed E-state index contributed by atoms with van der Waals surface area (Å²) >= 11 is 6.17. The SMILES string of the molecule is CCCNC1CCN(c2cccc(Cl)c2C)C1. The predicted octanol–water partition coefficient (Wildman–Crippen LogP) is 3.23. The Hall–Kier alpha value is -0.730. The first kappa shape index (κ1) is 12.7. The number of nitrogens with one attached hydrogen (secondary N) is 1. The quantitative estimate of drug-likeness (QED) is 0.885. The highest BCUT2D eigenvalue weighted by molar-refractivity contribution is 6.31. The van der Waals surface area contributed by atoms with E-state index in [-0.39, 0.29) is 0 Å². The third-order valence-corrected chi connectivity index (χ3v) is 3.86. The summed E-state index contributed by atoms with van der Waals surface area (Å²) < 4.78 is 0. The van der Waals surface area contributed by atoms with Gasteiger partial charge >= 0.3 is 0 Å². The smallest absolute Gasteiger partial charge is 0.0455 e. The summed E-state index contributed by atoms with van der Waals surface area (Å²) in [6, 6.07) is 6.80. The van der Waals surface area contributed by atoms with Crippen LogP contribution in [0.3, 0.4) is 0 Å². The molecular weight excluding hydrogens is 232 g/mol. The zero-order valence-electron chi connectivity index (χ0n) is 10.7. The van der Waals surface area contributed by atoms with Gasteiger partial charge < -0.3 is 10.2 Å². The number of nitrogens with zero attached hydrogens (tertiary/aromatic N) is 1. The Kier molecular flexibility index (Phi) is 4.30. The van der Waals surface area contributed by atoms with Gasteiger partial charge in [0.2, 0.25) is 0 Å². The fourth-order valence-electron chi connectivity index (χ4n) is 2.43. The van der Waals surface area contributed by atoms with Crippen molar-refractivity contribution in [2.75, 3.05) is 24.5 Å². The van der Waals surface area contributed by atoms with E-state index >= 15 is 0 Å². The Morgan fingerprint density at radius 2 is 2.29 bits per heavy atom. The van der Waals surface area contributed by atoms with Crippen molar-refractivity contribution in [1.82, 2.24) is 5.32 Å². The van der Waals surface area contributed by atoms with Gasteiger partial charge in [-0.15, -0.1) is 0 Å². The van der Waals surface area contributed by atoms with E-state index in [0.717, 1.165) is 24.7 Å². The highest BCUT2D eigenvalue weighted by atomic mass is 35.5. The van der Waals surface area contributed by atoms with E-state index in [1.807, 2.05) is 12.1 Å². The highest BCUT2D eigenvalue weighted by Gasteiger charge is 2.23. The molecule has 1 unspecified atom stereocenters. The van der Waals surface area contributed by atoms with Gasteiger partial charge in [-0.3, -0.25) is 0 Å². The van der Waals surface area contributed by atoms with E-state index < -0.39 is 0 Å². The second-order valence-corrected chi connectivity index (χ2v) is 5.18. The number of hydrogen-bond acceptors (Lipinski definition) is 2. The molecule has 2 nitrogen and oxygen atoms in total. The van der Waals surface area contributed by atoms with Crippen molar-refractivity contribution in [3.05, 3.63) is 28.8 Å². The third-order valence-electron chi connectivity index (χ3n) is 3.45. The van der Waals surface area contributed by atoms with Gasteiger partial charge in [0, 0.05) is 29.8 Å². The maximum Gasteiger partial charge on any atom is 0.0455 e. The summed E-state index contributed by atoms with van der Waals surface area (Å²) in [5, 5.41) is 4.46. The molecule has 0 bridgehead atoms. The first-order valence-electron chi connectivity index (χ1n) is 6.45. The Labute approximate surface area is 109 Å². The number of anilines is 1.